The highest BCUT2D eigenvalue weighted by atomic mass is 79.9. The van der Waals surface area contributed by atoms with Gasteiger partial charge in [0.1, 0.15) is 0 Å². The summed E-state index contributed by atoms with van der Waals surface area (Å²) in [7, 11) is -3.55. The minimum absolute atomic E-state index is 0.0672. The monoisotopic (exact) mass is 379 g/mol. The third-order valence-electron chi connectivity index (χ3n) is 2.13. The number of halogens is 2. The van der Waals surface area contributed by atoms with E-state index in [1.807, 2.05) is 0 Å². The highest BCUT2D eigenvalue weighted by Gasteiger charge is 2.24. The molecule has 1 aromatic rings. The van der Waals surface area contributed by atoms with Gasteiger partial charge < -0.3 is 0 Å². The van der Waals surface area contributed by atoms with Crippen LogP contribution in [0.2, 0.25) is 0 Å². The van der Waals surface area contributed by atoms with Gasteiger partial charge in [-0.2, -0.15) is 4.31 Å². The molecular weight excluding hydrogens is 370 g/mol. The Balaban J connectivity index is 3.30. The molecule has 0 aromatic heterocycles. The van der Waals surface area contributed by atoms with Gasteiger partial charge in [0.05, 0.1) is 11.4 Å². The molecule has 1 rings (SSSR count). The summed E-state index contributed by atoms with van der Waals surface area (Å²) in [4.78, 5) is 0.212. The van der Waals surface area contributed by atoms with Crippen molar-refractivity contribution in [2.24, 2.45) is 0 Å². The van der Waals surface area contributed by atoms with Crippen molar-refractivity contribution in [1.82, 2.24) is 4.31 Å². The Hall–Kier alpha value is -0.350. The first-order valence-electron chi connectivity index (χ1n) is 4.82. The Morgan fingerprint density at radius 2 is 2.06 bits per heavy atom. The maximum Gasteiger partial charge on any atom is 0.245 e. The molecule has 3 nitrogen and oxygen atoms in total. The van der Waals surface area contributed by atoms with Crippen LogP contribution in [0.15, 0.2) is 32.0 Å². The second kappa shape index (κ2) is 6.01. The second-order valence-corrected chi connectivity index (χ2v) is 6.89. The zero-order valence-electron chi connectivity index (χ0n) is 9.15. The van der Waals surface area contributed by atoms with E-state index in [-0.39, 0.29) is 11.4 Å². The van der Waals surface area contributed by atoms with E-state index in [2.05, 4.69) is 37.8 Å². The van der Waals surface area contributed by atoms with Gasteiger partial charge in [0.2, 0.25) is 10.0 Å². The fraction of sp³-hybridized carbons (Fsp3) is 0.273. The lowest BCUT2D eigenvalue weighted by Gasteiger charge is -2.18. The molecule has 0 N–H and O–H groups in total. The molecular formula is C11H11Br2NO2S. The fourth-order valence-corrected chi connectivity index (χ4v) is 4.11. The van der Waals surface area contributed by atoms with E-state index in [4.69, 9.17) is 6.42 Å². The Morgan fingerprint density at radius 1 is 1.41 bits per heavy atom. The standard InChI is InChI=1S/C11H11Br2NO2S/c1-3-7-14(4-2)17(15,16)11-8-9(12)5-6-10(11)13/h1,5-6,8H,4,7H2,2H3. The molecule has 0 fully saturated rings. The van der Waals surface area contributed by atoms with Crippen LogP contribution < -0.4 is 0 Å². The van der Waals surface area contributed by atoms with E-state index in [1.165, 1.54) is 4.31 Å². The molecule has 0 amide bonds. The average molecular weight is 381 g/mol. The van der Waals surface area contributed by atoms with Crippen LogP contribution >= 0.6 is 31.9 Å². The molecule has 0 saturated carbocycles. The van der Waals surface area contributed by atoms with Crippen LogP contribution in [0.3, 0.4) is 0 Å². The van der Waals surface area contributed by atoms with Crippen molar-refractivity contribution in [2.45, 2.75) is 11.8 Å². The predicted molar refractivity (Wildman–Crippen MR) is 75.1 cm³/mol. The molecule has 0 aliphatic carbocycles. The van der Waals surface area contributed by atoms with E-state index in [9.17, 15) is 8.42 Å². The summed E-state index contributed by atoms with van der Waals surface area (Å²) in [5, 5.41) is 0. The van der Waals surface area contributed by atoms with Crippen molar-refractivity contribution >= 4 is 41.9 Å². The van der Waals surface area contributed by atoms with E-state index >= 15 is 0 Å². The summed E-state index contributed by atoms with van der Waals surface area (Å²) in [6, 6.07) is 5.00. The molecule has 6 heteroatoms. The Kier molecular flexibility index (Phi) is 5.20. The molecule has 0 aliphatic heterocycles. The molecule has 0 heterocycles. The summed E-state index contributed by atoms with van der Waals surface area (Å²) in [5.41, 5.74) is 0. The van der Waals surface area contributed by atoms with Gasteiger partial charge in [0.25, 0.3) is 0 Å². The van der Waals surface area contributed by atoms with Crippen molar-refractivity contribution < 1.29 is 8.42 Å². The van der Waals surface area contributed by atoms with Crippen LogP contribution in [0.1, 0.15) is 6.92 Å². The lowest BCUT2D eigenvalue weighted by atomic mass is 10.4. The number of sulfonamides is 1. The summed E-state index contributed by atoms with van der Waals surface area (Å²) >= 11 is 6.49. The zero-order chi connectivity index (χ0) is 13.1. The maximum absolute atomic E-state index is 12.3. The van der Waals surface area contributed by atoms with E-state index in [0.717, 1.165) is 0 Å². The third kappa shape index (κ3) is 3.32. The highest BCUT2D eigenvalue weighted by molar-refractivity contribution is 9.11. The number of rotatable bonds is 4. The van der Waals surface area contributed by atoms with Crippen molar-refractivity contribution in [3.8, 4) is 12.3 Å². The van der Waals surface area contributed by atoms with Gasteiger partial charge in [-0.25, -0.2) is 8.42 Å². The lowest BCUT2D eigenvalue weighted by molar-refractivity contribution is 0.463. The molecule has 0 radical (unpaired) electrons. The van der Waals surface area contributed by atoms with E-state index < -0.39 is 10.0 Å². The van der Waals surface area contributed by atoms with Gasteiger partial charge in [0, 0.05) is 15.5 Å². The summed E-state index contributed by atoms with van der Waals surface area (Å²) in [6.07, 6.45) is 5.17. The van der Waals surface area contributed by atoms with Crippen molar-refractivity contribution in [2.75, 3.05) is 13.1 Å². The molecule has 0 atom stereocenters. The SMILES string of the molecule is C#CCN(CC)S(=O)(=O)c1cc(Br)ccc1Br. The molecule has 92 valence electrons. The summed E-state index contributed by atoms with van der Waals surface area (Å²) < 4.78 is 27.1. The molecule has 0 aliphatic rings. The van der Waals surface area contributed by atoms with Gasteiger partial charge in [-0.3, -0.25) is 0 Å². The van der Waals surface area contributed by atoms with Gasteiger partial charge in [-0.15, -0.1) is 6.42 Å². The quantitative estimate of drug-likeness (QED) is 0.753. The Labute approximate surface area is 119 Å². The van der Waals surface area contributed by atoms with Crippen LogP contribution in [0.5, 0.6) is 0 Å². The average Bonchev–Trinajstić information content (AvgIpc) is 2.28. The molecule has 0 saturated heterocycles. The van der Waals surface area contributed by atoms with E-state index in [1.54, 1.807) is 25.1 Å². The first kappa shape index (κ1) is 14.7. The Bertz CT molecular complexity index is 549. The molecule has 17 heavy (non-hydrogen) atoms. The van der Waals surface area contributed by atoms with Crippen LogP contribution in [-0.2, 0) is 10.0 Å². The first-order valence-corrected chi connectivity index (χ1v) is 7.84. The van der Waals surface area contributed by atoms with Gasteiger partial charge in [0.15, 0.2) is 0 Å². The largest absolute Gasteiger partial charge is 0.245 e. The Morgan fingerprint density at radius 3 is 2.59 bits per heavy atom. The van der Waals surface area contributed by atoms with Crippen LogP contribution in [0, 0.1) is 12.3 Å². The molecule has 0 bridgehead atoms. The lowest BCUT2D eigenvalue weighted by Crippen LogP contribution is -2.31. The van der Waals surface area contributed by atoms with E-state index in [0.29, 0.717) is 15.5 Å². The number of terminal acetylenes is 1. The summed E-state index contributed by atoms with van der Waals surface area (Å²) in [6.45, 7) is 2.16. The minimum Gasteiger partial charge on any atom is -0.207 e. The fourth-order valence-electron chi connectivity index (χ4n) is 1.28. The third-order valence-corrected chi connectivity index (χ3v) is 5.54. The van der Waals surface area contributed by atoms with Crippen LogP contribution in [-0.4, -0.2) is 25.8 Å². The number of hydrogen-bond acceptors (Lipinski definition) is 2. The van der Waals surface area contributed by atoms with Crippen LogP contribution in [0.25, 0.3) is 0 Å². The van der Waals surface area contributed by atoms with Crippen LogP contribution in [0.4, 0.5) is 0 Å². The second-order valence-electron chi connectivity index (χ2n) is 3.21. The molecule has 1 aromatic carbocycles. The van der Waals surface area contributed by atoms with Crippen molar-refractivity contribution in [1.29, 1.82) is 0 Å². The van der Waals surface area contributed by atoms with Gasteiger partial charge >= 0.3 is 0 Å². The number of nitrogens with zero attached hydrogens (tertiary/aromatic N) is 1. The maximum atomic E-state index is 12.3. The minimum atomic E-state index is -3.55. The van der Waals surface area contributed by atoms with Gasteiger partial charge in [-0.1, -0.05) is 28.8 Å². The summed E-state index contributed by atoms with van der Waals surface area (Å²) in [5.74, 6) is 2.35. The smallest absolute Gasteiger partial charge is 0.207 e. The van der Waals surface area contributed by atoms with Crippen molar-refractivity contribution in [3.63, 3.8) is 0 Å². The number of benzene rings is 1. The molecule has 0 unspecified atom stereocenters. The van der Waals surface area contributed by atoms with Crippen molar-refractivity contribution in [3.05, 3.63) is 27.1 Å². The van der Waals surface area contributed by atoms with Gasteiger partial charge in [-0.05, 0) is 34.1 Å². The topological polar surface area (TPSA) is 37.4 Å². The first-order chi connectivity index (χ1) is 7.93. The predicted octanol–water partition coefficient (Wildman–Crippen LogP) is 2.86. The zero-order valence-corrected chi connectivity index (χ0v) is 13.1. The molecule has 0 spiro atoms. The highest BCUT2D eigenvalue weighted by Crippen LogP contribution is 2.27. The number of hydrogen-bond donors (Lipinski definition) is 0. The normalized spacial score (nSPS) is 11.5.